The van der Waals surface area contributed by atoms with Gasteiger partial charge in [-0.2, -0.15) is 4.31 Å². The number of hydrogen-bond donors (Lipinski definition) is 1. The lowest BCUT2D eigenvalue weighted by Gasteiger charge is -2.20. The second-order valence-electron chi connectivity index (χ2n) is 3.80. The van der Waals surface area contributed by atoms with E-state index in [9.17, 15) is 13.2 Å². The van der Waals surface area contributed by atoms with Gasteiger partial charge in [-0.25, -0.2) is 8.42 Å². The number of aliphatic carboxylic acids is 1. The van der Waals surface area contributed by atoms with Gasteiger partial charge in [-0.3, -0.25) is 9.78 Å². The number of carboxylic acid groups (broad SMARTS) is 1. The molecule has 1 atom stereocenters. The summed E-state index contributed by atoms with van der Waals surface area (Å²) in [6, 6.07) is 1.97. The average molecular weight is 256 g/mol. The number of carboxylic acids is 1. The van der Waals surface area contributed by atoms with Crippen molar-refractivity contribution in [3.05, 3.63) is 24.5 Å². The summed E-state index contributed by atoms with van der Waals surface area (Å²) in [6.07, 6.45) is 3.62. The smallest absolute Gasteiger partial charge is 0.322 e. The maximum absolute atomic E-state index is 12.2. The molecule has 0 radical (unpaired) electrons. The maximum Gasteiger partial charge on any atom is 0.322 e. The lowest BCUT2D eigenvalue weighted by Crippen LogP contribution is -2.40. The summed E-state index contributed by atoms with van der Waals surface area (Å²) in [5, 5.41) is 8.97. The molecule has 6 nitrogen and oxygen atoms in total. The number of aromatic nitrogens is 1. The summed E-state index contributed by atoms with van der Waals surface area (Å²) in [6.45, 7) is 0.244. The van der Waals surface area contributed by atoms with Crippen LogP contribution >= 0.6 is 0 Å². The molecule has 1 aliphatic heterocycles. The Balaban J connectivity index is 2.37. The zero-order chi connectivity index (χ0) is 12.5. The van der Waals surface area contributed by atoms with Gasteiger partial charge in [-0.05, 0) is 25.0 Å². The Morgan fingerprint density at radius 2 is 2.29 bits per heavy atom. The Bertz CT molecular complexity index is 514. The summed E-state index contributed by atoms with van der Waals surface area (Å²) in [5.74, 6) is -1.10. The van der Waals surface area contributed by atoms with Gasteiger partial charge in [0.15, 0.2) is 0 Å². The first-order chi connectivity index (χ1) is 8.03. The molecule has 0 bridgehead atoms. The Hall–Kier alpha value is -1.47. The van der Waals surface area contributed by atoms with Crippen LogP contribution in [-0.4, -0.2) is 41.4 Å². The maximum atomic E-state index is 12.2. The third-order valence-electron chi connectivity index (χ3n) is 2.73. The van der Waals surface area contributed by atoms with Crippen molar-refractivity contribution >= 4 is 16.0 Å². The molecule has 1 N–H and O–H groups in total. The predicted molar refractivity (Wildman–Crippen MR) is 58.8 cm³/mol. The number of sulfonamides is 1. The van der Waals surface area contributed by atoms with Gasteiger partial charge in [0.1, 0.15) is 10.9 Å². The van der Waals surface area contributed by atoms with Gasteiger partial charge in [0.2, 0.25) is 10.0 Å². The lowest BCUT2D eigenvalue weighted by atomic mass is 10.2. The molecule has 17 heavy (non-hydrogen) atoms. The zero-order valence-corrected chi connectivity index (χ0v) is 9.80. The molecule has 92 valence electrons. The quantitative estimate of drug-likeness (QED) is 0.841. The van der Waals surface area contributed by atoms with Crippen LogP contribution in [0.25, 0.3) is 0 Å². The second kappa shape index (κ2) is 4.42. The molecular formula is C10H12N2O4S. The monoisotopic (exact) mass is 256 g/mol. The molecule has 1 saturated heterocycles. The predicted octanol–water partition coefficient (Wildman–Crippen LogP) is 0.319. The summed E-state index contributed by atoms with van der Waals surface area (Å²) < 4.78 is 25.4. The van der Waals surface area contributed by atoms with Gasteiger partial charge in [0, 0.05) is 18.9 Å². The van der Waals surface area contributed by atoms with E-state index in [-0.39, 0.29) is 11.4 Å². The van der Waals surface area contributed by atoms with Crippen molar-refractivity contribution in [2.24, 2.45) is 0 Å². The molecule has 1 aromatic rings. The summed E-state index contributed by atoms with van der Waals surface area (Å²) in [7, 11) is -3.74. The molecule has 1 fully saturated rings. The highest BCUT2D eigenvalue weighted by Gasteiger charge is 2.39. The van der Waals surface area contributed by atoms with Crippen molar-refractivity contribution in [1.29, 1.82) is 0 Å². The minimum atomic E-state index is -3.74. The first-order valence-corrected chi connectivity index (χ1v) is 6.62. The number of rotatable bonds is 3. The van der Waals surface area contributed by atoms with E-state index in [1.165, 1.54) is 24.5 Å². The van der Waals surface area contributed by atoms with E-state index in [0.29, 0.717) is 12.8 Å². The topological polar surface area (TPSA) is 87.6 Å². The van der Waals surface area contributed by atoms with Crippen LogP contribution in [-0.2, 0) is 14.8 Å². The third-order valence-corrected chi connectivity index (χ3v) is 4.62. The Labute approximate surface area is 98.9 Å². The Kier molecular flexibility index (Phi) is 3.12. The van der Waals surface area contributed by atoms with Crippen molar-refractivity contribution < 1.29 is 18.3 Å². The fourth-order valence-electron chi connectivity index (χ4n) is 1.91. The lowest BCUT2D eigenvalue weighted by molar-refractivity contribution is -0.140. The SMILES string of the molecule is O=C(O)[C@@H]1CCCN1S(=O)(=O)c1cccnc1. The van der Waals surface area contributed by atoms with Crippen LogP contribution in [0.2, 0.25) is 0 Å². The van der Waals surface area contributed by atoms with Crippen LogP contribution in [0.15, 0.2) is 29.4 Å². The van der Waals surface area contributed by atoms with Crippen molar-refractivity contribution in [2.45, 2.75) is 23.8 Å². The van der Waals surface area contributed by atoms with Crippen molar-refractivity contribution in [2.75, 3.05) is 6.54 Å². The van der Waals surface area contributed by atoms with E-state index < -0.39 is 22.0 Å². The number of hydrogen-bond acceptors (Lipinski definition) is 4. The number of pyridine rings is 1. The van der Waals surface area contributed by atoms with Gasteiger partial charge in [-0.15, -0.1) is 0 Å². The van der Waals surface area contributed by atoms with E-state index in [1.54, 1.807) is 0 Å². The number of nitrogens with zero attached hydrogens (tertiary/aromatic N) is 2. The van der Waals surface area contributed by atoms with E-state index in [0.717, 1.165) is 4.31 Å². The fraction of sp³-hybridized carbons (Fsp3) is 0.400. The molecule has 2 rings (SSSR count). The highest BCUT2D eigenvalue weighted by molar-refractivity contribution is 7.89. The first kappa shape index (κ1) is 12.0. The standard InChI is InChI=1S/C10H12N2O4S/c13-10(14)9-4-2-6-12(9)17(15,16)8-3-1-5-11-7-8/h1,3,5,7,9H,2,4,6H2,(H,13,14)/t9-/m0/s1. The first-order valence-electron chi connectivity index (χ1n) is 5.18. The molecule has 0 amide bonds. The minimum absolute atomic E-state index is 0.0353. The van der Waals surface area contributed by atoms with E-state index in [4.69, 9.17) is 5.11 Å². The van der Waals surface area contributed by atoms with E-state index >= 15 is 0 Å². The zero-order valence-electron chi connectivity index (χ0n) is 8.98. The molecule has 0 aliphatic carbocycles. The molecule has 0 saturated carbocycles. The molecule has 7 heteroatoms. The van der Waals surface area contributed by atoms with Crippen LogP contribution in [0.5, 0.6) is 0 Å². The second-order valence-corrected chi connectivity index (χ2v) is 5.69. The van der Waals surface area contributed by atoms with Gasteiger partial charge < -0.3 is 5.11 Å². The number of carbonyl (C=O) groups is 1. The van der Waals surface area contributed by atoms with Gasteiger partial charge >= 0.3 is 5.97 Å². The fourth-order valence-corrected chi connectivity index (χ4v) is 3.53. The molecule has 0 unspecified atom stereocenters. The molecular weight excluding hydrogens is 244 g/mol. The van der Waals surface area contributed by atoms with Crippen LogP contribution in [0.1, 0.15) is 12.8 Å². The molecule has 0 aromatic carbocycles. The molecule has 1 aliphatic rings. The van der Waals surface area contributed by atoms with Crippen LogP contribution < -0.4 is 0 Å². The van der Waals surface area contributed by atoms with Crippen LogP contribution in [0, 0.1) is 0 Å². The van der Waals surface area contributed by atoms with Crippen LogP contribution in [0.4, 0.5) is 0 Å². The minimum Gasteiger partial charge on any atom is -0.480 e. The molecule has 1 aromatic heterocycles. The Morgan fingerprint density at radius 3 is 2.88 bits per heavy atom. The normalized spacial score (nSPS) is 21.5. The Morgan fingerprint density at radius 1 is 1.53 bits per heavy atom. The third kappa shape index (κ3) is 2.16. The highest BCUT2D eigenvalue weighted by Crippen LogP contribution is 2.25. The van der Waals surface area contributed by atoms with Crippen LogP contribution in [0.3, 0.4) is 0 Å². The molecule has 0 spiro atoms. The van der Waals surface area contributed by atoms with E-state index in [2.05, 4.69) is 4.98 Å². The summed E-state index contributed by atoms with van der Waals surface area (Å²) >= 11 is 0. The van der Waals surface area contributed by atoms with Gasteiger partial charge in [0.05, 0.1) is 0 Å². The van der Waals surface area contributed by atoms with Crippen molar-refractivity contribution in [1.82, 2.24) is 9.29 Å². The summed E-state index contributed by atoms with van der Waals surface area (Å²) in [5.41, 5.74) is 0. The molecule has 2 heterocycles. The van der Waals surface area contributed by atoms with Gasteiger partial charge in [-0.1, -0.05) is 0 Å². The largest absolute Gasteiger partial charge is 0.480 e. The average Bonchev–Trinajstić information content (AvgIpc) is 2.80. The summed E-state index contributed by atoms with van der Waals surface area (Å²) in [4.78, 5) is 14.7. The van der Waals surface area contributed by atoms with Gasteiger partial charge in [0.25, 0.3) is 0 Å². The van der Waals surface area contributed by atoms with Crippen molar-refractivity contribution in [3.63, 3.8) is 0 Å². The van der Waals surface area contributed by atoms with E-state index in [1.807, 2.05) is 0 Å². The highest BCUT2D eigenvalue weighted by atomic mass is 32.2. The van der Waals surface area contributed by atoms with Crippen molar-refractivity contribution in [3.8, 4) is 0 Å².